The minimum atomic E-state index is -3.97. The Morgan fingerprint density at radius 2 is 1.92 bits per heavy atom. The summed E-state index contributed by atoms with van der Waals surface area (Å²) in [7, 11) is 0. The maximum atomic E-state index is 14.7. The van der Waals surface area contributed by atoms with Crippen molar-refractivity contribution < 1.29 is 27.4 Å². The zero-order chi connectivity index (χ0) is 19.1. The van der Waals surface area contributed by atoms with E-state index in [4.69, 9.17) is 5.11 Å². The van der Waals surface area contributed by atoms with Gasteiger partial charge in [0.15, 0.2) is 11.6 Å². The number of hydrogen-bond donors (Lipinski definition) is 2. The largest absolute Gasteiger partial charge is 0.428 e. The third-order valence-electron chi connectivity index (χ3n) is 5.03. The number of hydrogen-bond acceptors (Lipinski definition) is 4. The third-order valence-corrected chi connectivity index (χ3v) is 5.03. The molecule has 3 rings (SSSR count). The van der Waals surface area contributed by atoms with Crippen molar-refractivity contribution in [1.29, 1.82) is 0 Å². The maximum Gasteiger partial charge on any atom is 0.421 e. The molecule has 1 saturated heterocycles. The molecule has 2 fully saturated rings. The van der Waals surface area contributed by atoms with Crippen molar-refractivity contribution in [1.82, 2.24) is 5.32 Å². The molecule has 2 N–H and O–H groups in total. The molecule has 26 heavy (non-hydrogen) atoms. The van der Waals surface area contributed by atoms with Crippen molar-refractivity contribution in [2.75, 3.05) is 18.1 Å². The Kier molecular flexibility index (Phi) is 5.09. The Hall–Kier alpha value is -1.54. The first-order valence-corrected chi connectivity index (χ1v) is 8.83. The van der Waals surface area contributed by atoms with Crippen LogP contribution < -0.4 is 15.0 Å². The van der Waals surface area contributed by atoms with Gasteiger partial charge in [-0.2, -0.15) is 8.78 Å². The second-order valence-corrected chi connectivity index (χ2v) is 7.75. The summed E-state index contributed by atoms with van der Waals surface area (Å²) in [5.41, 5.74) is -0.241. The van der Waals surface area contributed by atoms with E-state index in [-0.39, 0.29) is 23.3 Å². The number of piperazine rings is 1. The molecule has 0 amide bonds. The van der Waals surface area contributed by atoms with Crippen LogP contribution in [0.4, 0.5) is 23.2 Å². The fourth-order valence-corrected chi connectivity index (χ4v) is 4.02. The minimum absolute atomic E-state index is 0.0244. The highest BCUT2D eigenvalue weighted by molar-refractivity contribution is 5.53. The van der Waals surface area contributed by atoms with Gasteiger partial charge in [-0.1, -0.05) is 12.8 Å². The number of rotatable bonds is 4. The Balaban J connectivity index is 1.93. The number of alkyl halides is 2. The molecular weight excluding hydrogens is 352 g/mol. The van der Waals surface area contributed by atoms with E-state index in [9.17, 15) is 17.6 Å². The molecule has 8 heteroatoms. The van der Waals surface area contributed by atoms with Gasteiger partial charge in [-0.25, -0.2) is 8.78 Å². The molecule has 0 bridgehead atoms. The third kappa shape index (κ3) is 3.91. The number of fused-ring (bicyclic) bond motifs is 1. The van der Waals surface area contributed by atoms with Crippen molar-refractivity contribution in [3.05, 3.63) is 23.8 Å². The van der Waals surface area contributed by atoms with E-state index in [1.807, 2.05) is 18.7 Å². The minimum Gasteiger partial charge on any atom is -0.428 e. The zero-order valence-electron chi connectivity index (χ0n) is 14.9. The van der Waals surface area contributed by atoms with E-state index >= 15 is 0 Å². The summed E-state index contributed by atoms with van der Waals surface area (Å²) >= 11 is 0. The van der Waals surface area contributed by atoms with Crippen LogP contribution >= 0.6 is 0 Å². The fourth-order valence-electron chi connectivity index (χ4n) is 4.02. The van der Waals surface area contributed by atoms with Gasteiger partial charge < -0.3 is 20.1 Å². The Morgan fingerprint density at radius 3 is 2.62 bits per heavy atom. The van der Waals surface area contributed by atoms with E-state index < -0.39 is 30.1 Å². The predicted octanol–water partition coefficient (Wildman–Crippen LogP) is 3.43. The molecule has 0 aromatic heterocycles. The molecule has 1 saturated carbocycles. The average molecular weight is 376 g/mol. The lowest BCUT2D eigenvalue weighted by Crippen LogP contribution is -2.67. The lowest BCUT2D eigenvalue weighted by atomic mass is 9.83. The van der Waals surface area contributed by atoms with Gasteiger partial charge in [0.05, 0.1) is 5.69 Å². The summed E-state index contributed by atoms with van der Waals surface area (Å²) in [5, 5.41) is 12.1. The van der Waals surface area contributed by atoms with Crippen molar-refractivity contribution in [2.45, 2.75) is 63.3 Å². The van der Waals surface area contributed by atoms with Crippen LogP contribution in [0, 0.1) is 11.6 Å². The summed E-state index contributed by atoms with van der Waals surface area (Å²) in [6, 6.07) is 1.73. The van der Waals surface area contributed by atoms with Crippen molar-refractivity contribution in [3.8, 4) is 5.75 Å². The van der Waals surface area contributed by atoms with Gasteiger partial charge in [0.2, 0.25) is 0 Å². The van der Waals surface area contributed by atoms with Crippen LogP contribution in [0.3, 0.4) is 0 Å². The van der Waals surface area contributed by atoms with Crippen LogP contribution in [-0.4, -0.2) is 42.0 Å². The molecule has 0 unspecified atom stereocenters. The topological polar surface area (TPSA) is 44.7 Å². The van der Waals surface area contributed by atoms with Gasteiger partial charge in [-0.05, 0) is 26.7 Å². The van der Waals surface area contributed by atoms with Crippen molar-refractivity contribution >= 4 is 5.69 Å². The first kappa shape index (κ1) is 19.2. The highest BCUT2D eigenvalue weighted by Crippen LogP contribution is 2.37. The molecule has 1 aliphatic carbocycles. The summed E-state index contributed by atoms with van der Waals surface area (Å²) in [4.78, 5) is 1.84. The molecule has 1 aromatic carbocycles. The number of benzene rings is 1. The van der Waals surface area contributed by atoms with Gasteiger partial charge >= 0.3 is 6.11 Å². The van der Waals surface area contributed by atoms with E-state index in [1.54, 1.807) is 0 Å². The monoisotopic (exact) mass is 376 g/mol. The molecule has 146 valence electrons. The Bertz CT molecular complexity index is 669. The molecular formula is C18H24F4N2O2. The van der Waals surface area contributed by atoms with Gasteiger partial charge in [-0.3, -0.25) is 0 Å². The van der Waals surface area contributed by atoms with Gasteiger partial charge in [0, 0.05) is 36.3 Å². The highest BCUT2D eigenvalue weighted by Gasteiger charge is 2.41. The summed E-state index contributed by atoms with van der Waals surface area (Å²) in [6.07, 6.45) is -0.0692. The number of aliphatic hydroxyl groups excluding tert-OH is 1. The highest BCUT2D eigenvalue weighted by atomic mass is 19.3. The average Bonchev–Trinajstić information content (AvgIpc) is 2.56. The van der Waals surface area contributed by atoms with E-state index in [0.717, 1.165) is 31.7 Å². The molecule has 1 aliphatic heterocycles. The number of aliphatic hydroxyl groups is 1. The summed E-state index contributed by atoms with van der Waals surface area (Å²) < 4.78 is 59.4. The molecule has 4 nitrogen and oxygen atoms in total. The molecule has 2 atom stereocenters. The van der Waals surface area contributed by atoms with Crippen LogP contribution in [0.5, 0.6) is 5.75 Å². The van der Waals surface area contributed by atoms with Gasteiger partial charge in [0.25, 0.3) is 0 Å². The first-order chi connectivity index (χ1) is 12.1. The van der Waals surface area contributed by atoms with Crippen molar-refractivity contribution in [2.24, 2.45) is 0 Å². The second-order valence-electron chi connectivity index (χ2n) is 7.75. The van der Waals surface area contributed by atoms with Crippen LogP contribution in [-0.2, 0) is 0 Å². The number of ether oxygens (including phenoxy) is 1. The Labute approximate surface area is 150 Å². The van der Waals surface area contributed by atoms with Crippen molar-refractivity contribution in [3.63, 3.8) is 0 Å². The zero-order valence-corrected chi connectivity index (χ0v) is 14.9. The normalized spacial score (nSPS) is 25.7. The lowest BCUT2D eigenvalue weighted by Gasteiger charge is -2.52. The lowest BCUT2D eigenvalue weighted by molar-refractivity contribution is -0.202. The SMILES string of the molecule is CC1(C)CN(c2cc(F)c(OC(F)(F)CO)cc2F)[C@H]2CCCC[C@H]2N1. The number of anilines is 1. The quantitative estimate of drug-likeness (QED) is 0.791. The van der Waals surface area contributed by atoms with E-state index in [1.165, 1.54) is 0 Å². The molecule has 0 spiro atoms. The van der Waals surface area contributed by atoms with Crippen LogP contribution in [0.15, 0.2) is 12.1 Å². The summed E-state index contributed by atoms with van der Waals surface area (Å²) in [5.74, 6) is -2.82. The Morgan fingerprint density at radius 1 is 1.23 bits per heavy atom. The predicted molar refractivity (Wildman–Crippen MR) is 89.6 cm³/mol. The molecule has 2 aliphatic rings. The first-order valence-electron chi connectivity index (χ1n) is 8.83. The summed E-state index contributed by atoms with van der Waals surface area (Å²) in [6.45, 7) is 2.85. The fraction of sp³-hybridized carbons (Fsp3) is 0.667. The van der Waals surface area contributed by atoms with E-state index in [0.29, 0.717) is 12.6 Å². The standard InChI is InChI=1S/C18H24F4N2O2/c1-17(2)9-24(14-6-4-3-5-13(14)23-17)15-7-12(20)16(8-11(15)19)26-18(21,22)10-25/h7-8,13-14,23,25H,3-6,9-10H2,1-2H3/t13-,14+/m1/s1. The number of halogens is 4. The van der Waals surface area contributed by atoms with Crippen LogP contribution in [0.25, 0.3) is 0 Å². The second kappa shape index (κ2) is 6.88. The van der Waals surface area contributed by atoms with Crippen LogP contribution in [0.1, 0.15) is 39.5 Å². The van der Waals surface area contributed by atoms with Gasteiger partial charge in [-0.15, -0.1) is 0 Å². The van der Waals surface area contributed by atoms with Gasteiger partial charge in [0.1, 0.15) is 12.4 Å². The van der Waals surface area contributed by atoms with Crippen LogP contribution in [0.2, 0.25) is 0 Å². The number of nitrogens with one attached hydrogen (secondary N) is 1. The smallest absolute Gasteiger partial charge is 0.421 e. The maximum absolute atomic E-state index is 14.7. The molecule has 0 radical (unpaired) electrons. The number of nitrogens with zero attached hydrogens (tertiary/aromatic N) is 1. The van der Waals surface area contributed by atoms with E-state index in [2.05, 4.69) is 10.1 Å². The molecule has 1 aromatic rings. The molecule has 1 heterocycles.